The number of carbonyl (C=O) groups excluding carboxylic acids is 2. The Kier molecular flexibility index (Phi) is 5.35. The monoisotopic (exact) mass is 278 g/mol. The topological polar surface area (TPSA) is 49.4 Å². The van der Waals surface area contributed by atoms with Crippen LogP contribution in [0, 0.1) is 0 Å². The first-order chi connectivity index (χ1) is 9.63. The zero-order valence-electron chi connectivity index (χ0n) is 12.4. The summed E-state index contributed by atoms with van der Waals surface area (Å²) in [4.78, 5) is 26.2. The van der Waals surface area contributed by atoms with Crippen LogP contribution in [-0.4, -0.2) is 34.8 Å². The van der Waals surface area contributed by atoms with Gasteiger partial charge in [0, 0.05) is 12.1 Å². The summed E-state index contributed by atoms with van der Waals surface area (Å²) in [6, 6.07) is -0.0111. The summed E-state index contributed by atoms with van der Waals surface area (Å²) in [5.41, 5.74) is 0. The van der Waals surface area contributed by atoms with Gasteiger partial charge in [0.2, 0.25) is 11.8 Å². The van der Waals surface area contributed by atoms with Crippen molar-refractivity contribution in [1.82, 2.24) is 10.2 Å². The highest BCUT2D eigenvalue weighted by molar-refractivity contribution is 6.05. The molecule has 0 spiro atoms. The van der Waals surface area contributed by atoms with Crippen molar-refractivity contribution in [3.8, 4) is 0 Å². The minimum Gasteiger partial charge on any atom is -0.303 e. The van der Waals surface area contributed by atoms with Gasteiger partial charge < -0.3 is 5.32 Å². The van der Waals surface area contributed by atoms with Crippen LogP contribution in [0.15, 0.2) is 12.7 Å². The normalized spacial score (nSPS) is 26.6. The van der Waals surface area contributed by atoms with E-state index in [2.05, 4.69) is 11.9 Å². The lowest BCUT2D eigenvalue weighted by atomic mass is 10.1. The van der Waals surface area contributed by atoms with Crippen LogP contribution in [0.25, 0.3) is 0 Å². The van der Waals surface area contributed by atoms with E-state index in [1.807, 2.05) is 13.0 Å². The first kappa shape index (κ1) is 15.2. The van der Waals surface area contributed by atoms with Crippen molar-refractivity contribution in [2.45, 2.75) is 76.4 Å². The number of imide groups is 1. The van der Waals surface area contributed by atoms with Gasteiger partial charge in [-0.15, -0.1) is 6.58 Å². The minimum atomic E-state index is -0.333. The van der Waals surface area contributed by atoms with E-state index in [4.69, 9.17) is 0 Å². The van der Waals surface area contributed by atoms with Crippen molar-refractivity contribution >= 4 is 11.8 Å². The molecular formula is C16H26N2O2. The molecule has 2 aliphatic rings. The Morgan fingerprint density at radius 2 is 1.95 bits per heavy atom. The van der Waals surface area contributed by atoms with Gasteiger partial charge in [0.05, 0.1) is 12.5 Å². The van der Waals surface area contributed by atoms with Gasteiger partial charge in [0.25, 0.3) is 0 Å². The minimum absolute atomic E-state index is 0.00482. The molecule has 2 unspecified atom stereocenters. The molecule has 2 rings (SSSR count). The summed E-state index contributed by atoms with van der Waals surface area (Å²) >= 11 is 0. The summed E-state index contributed by atoms with van der Waals surface area (Å²) in [5, 5.41) is 3.26. The summed E-state index contributed by atoms with van der Waals surface area (Å²) < 4.78 is 0. The molecule has 2 amide bonds. The average Bonchev–Trinajstić information content (AvgIpc) is 2.61. The number of nitrogens with zero attached hydrogens (tertiary/aromatic N) is 1. The quantitative estimate of drug-likeness (QED) is 0.477. The Morgan fingerprint density at radius 3 is 2.55 bits per heavy atom. The molecule has 1 aliphatic carbocycles. The van der Waals surface area contributed by atoms with E-state index in [-0.39, 0.29) is 29.9 Å². The molecule has 4 nitrogen and oxygen atoms in total. The van der Waals surface area contributed by atoms with Crippen LogP contribution >= 0.6 is 0 Å². The van der Waals surface area contributed by atoms with E-state index >= 15 is 0 Å². The molecule has 2 atom stereocenters. The number of likely N-dealkylation sites (tertiary alicyclic amines) is 1. The third kappa shape index (κ3) is 3.48. The number of carbonyl (C=O) groups is 2. The molecule has 1 aliphatic heterocycles. The van der Waals surface area contributed by atoms with Crippen LogP contribution in [0.1, 0.15) is 58.3 Å². The zero-order chi connectivity index (χ0) is 14.5. The first-order valence-corrected chi connectivity index (χ1v) is 7.86. The lowest BCUT2D eigenvalue weighted by molar-refractivity contribution is -0.141. The molecule has 0 radical (unpaired) electrons. The molecular weight excluding hydrogens is 252 g/mol. The molecule has 0 aromatic carbocycles. The lowest BCUT2D eigenvalue weighted by Crippen LogP contribution is -2.45. The van der Waals surface area contributed by atoms with Crippen molar-refractivity contribution in [3.63, 3.8) is 0 Å². The van der Waals surface area contributed by atoms with Gasteiger partial charge in [-0.25, -0.2) is 0 Å². The van der Waals surface area contributed by atoms with Crippen LogP contribution in [0.3, 0.4) is 0 Å². The number of nitrogens with one attached hydrogen (secondary N) is 1. The second kappa shape index (κ2) is 7.02. The number of amides is 2. The molecule has 1 saturated carbocycles. The largest absolute Gasteiger partial charge is 0.303 e. The maximum absolute atomic E-state index is 12.5. The molecule has 1 saturated heterocycles. The fourth-order valence-corrected chi connectivity index (χ4v) is 3.34. The van der Waals surface area contributed by atoms with E-state index in [0.29, 0.717) is 6.42 Å². The zero-order valence-corrected chi connectivity index (χ0v) is 12.4. The molecule has 112 valence electrons. The molecule has 0 aromatic heterocycles. The Balaban J connectivity index is 1.98. The van der Waals surface area contributed by atoms with Gasteiger partial charge in [-0.3, -0.25) is 14.5 Å². The van der Waals surface area contributed by atoms with Crippen molar-refractivity contribution in [1.29, 1.82) is 0 Å². The predicted octanol–water partition coefficient (Wildman–Crippen LogP) is 2.39. The van der Waals surface area contributed by atoms with Crippen molar-refractivity contribution in [2.24, 2.45) is 0 Å². The fourth-order valence-electron chi connectivity index (χ4n) is 3.34. The first-order valence-electron chi connectivity index (χ1n) is 7.86. The van der Waals surface area contributed by atoms with E-state index in [9.17, 15) is 9.59 Å². The summed E-state index contributed by atoms with van der Waals surface area (Å²) in [5.74, 6) is -0.0111. The maximum atomic E-state index is 12.5. The van der Waals surface area contributed by atoms with E-state index in [0.717, 1.165) is 32.1 Å². The van der Waals surface area contributed by atoms with Crippen LogP contribution in [0.5, 0.6) is 0 Å². The molecule has 2 fully saturated rings. The van der Waals surface area contributed by atoms with Crippen LogP contribution in [0.4, 0.5) is 0 Å². The number of rotatable bonds is 5. The van der Waals surface area contributed by atoms with Gasteiger partial charge >= 0.3 is 0 Å². The third-order valence-electron chi connectivity index (χ3n) is 4.38. The van der Waals surface area contributed by atoms with E-state index in [1.165, 1.54) is 12.8 Å². The van der Waals surface area contributed by atoms with E-state index < -0.39 is 0 Å². The average molecular weight is 278 g/mol. The summed E-state index contributed by atoms with van der Waals surface area (Å²) in [6.07, 6.45) is 9.63. The fraction of sp³-hybridized carbons (Fsp3) is 0.750. The van der Waals surface area contributed by atoms with Crippen molar-refractivity contribution < 1.29 is 9.59 Å². The smallest absolute Gasteiger partial charge is 0.247 e. The van der Waals surface area contributed by atoms with E-state index in [1.54, 1.807) is 4.90 Å². The van der Waals surface area contributed by atoms with Crippen LogP contribution in [0.2, 0.25) is 0 Å². The molecule has 4 heteroatoms. The standard InChI is InChI=1S/C16H26N2O2/c1-3-8-12(2)17-14-11-15(19)18(16(14)20)13-9-6-4-5-7-10-13/h3,12-14,17H,1,4-11H2,2H3. The third-order valence-corrected chi connectivity index (χ3v) is 4.38. The van der Waals surface area contributed by atoms with Crippen molar-refractivity contribution in [2.75, 3.05) is 0 Å². The highest BCUT2D eigenvalue weighted by Crippen LogP contribution is 2.26. The molecule has 1 N–H and O–H groups in total. The van der Waals surface area contributed by atoms with Gasteiger partial charge in [0.1, 0.15) is 0 Å². The van der Waals surface area contributed by atoms with Gasteiger partial charge in [0.15, 0.2) is 0 Å². The Morgan fingerprint density at radius 1 is 1.30 bits per heavy atom. The summed E-state index contributed by atoms with van der Waals surface area (Å²) in [7, 11) is 0. The van der Waals surface area contributed by atoms with Gasteiger partial charge in [-0.1, -0.05) is 31.8 Å². The molecule has 1 heterocycles. The summed E-state index contributed by atoms with van der Waals surface area (Å²) in [6.45, 7) is 5.73. The number of hydrogen-bond donors (Lipinski definition) is 1. The SMILES string of the molecule is C=CCC(C)NC1CC(=O)N(C2CCCCCC2)C1=O. The highest BCUT2D eigenvalue weighted by Gasteiger charge is 2.42. The second-order valence-electron chi connectivity index (χ2n) is 6.10. The molecule has 20 heavy (non-hydrogen) atoms. The Hall–Kier alpha value is -1.16. The second-order valence-corrected chi connectivity index (χ2v) is 6.10. The molecule has 0 bridgehead atoms. The Bertz CT molecular complexity index is 373. The Labute approximate surface area is 121 Å². The number of hydrogen-bond acceptors (Lipinski definition) is 3. The highest BCUT2D eigenvalue weighted by atomic mass is 16.2. The maximum Gasteiger partial charge on any atom is 0.247 e. The van der Waals surface area contributed by atoms with Crippen LogP contribution in [-0.2, 0) is 9.59 Å². The van der Waals surface area contributed by atoms with Crippen molar-refractivity contribution in [3.05, 3.63) is 12.7 Å². The van der Waals surface area contributed by atoms with Gasteiger partial charge in [-0.05, 0) is 26.2 Å². The van der Waals surface area contributed by atoms with Gasteiger partial charge in [-0.2, -0.15) is 0 Å². The lowest BCUT2D eigenvalue weighted by Gasteiger charge is -2.26. The van der Waals surface area contributed by atoms with Crippen LogP contribution < -0.4 is 5.32 Å². The predicted molar refractivity (Wildman–Crippen MR) is 79.2 cm³/mol. The molecule has 0 aromatic rings.